The first-order valence-corrected chi connectivity index (χ1v) is 11.5. The van der Waals surface area contributed by atoms with E-state index in [4.69, 9.17) is 28.9 Å². The van der Waals surface area contributed by atoms with Gasteiger partial charge in [-0.3, -0.25) is 19.3 Å². The van der Waals surface area contributed by atoms with E-state index in [2.05, 4.69) is 10.6 Å². The number of fused-ring (bicyclic) bond motifs is 1. The summed E-state index contributed by atoms with van der Waals surface area (Å²) in [7, 11) is 0. The molecule has 0 bridgehead atoms. The molecule has 0 spiro atoms. The summed E-state index contributed by atoms with van der Waals surface area (Å²) in [4.78, 5) is 40.6. The van der Waals surface area contributed by atoms with Gasteiger partial charge in [0.15, 0.2) is 0 Å². The smallest absolute Gasteiger partial charge is 0.260 e. The van der Waals surface area contributed by atoms with E-state index in [9.17, 15) is 18.8 Å². The molecule has 1 atom stereocenters. The van der Waals surface area contributed by atoms with Gasteiger partial charge in [0.1, 0.15) is 5.82 Å². The number of halogens is 3. The highest BCUT2D eigenvalue weighted by atomic mass is 35.5. The maximum absolute atomic E-state index is 13.9. The second-order valence-corrected chi connectivity index (χ2v) is 8.74. The van der Waals surface area contributed by atoms with Crippen molar-refractivity contribution < 1.29 is 18.8 Å². The molecule has 0 aromatic heterocycles. The predicted octanol–water partition coefficient (Wildman–Crippen LogP) is 4.55. The number of hydrogen-bond donors (Lipinski definition) is 3. The van der Waals surface area contributed by atoms with Crippen LogP contribution in [0.2, 0.25) is 10.0 Å². The number of anilines is 2. The lowest BCUT2D eigenvalue weighted by Crippen LogP contribution is -2.35. The molecule has 0 fully saturated rings. The van der Waals surface area contributed by atoms with Crippen molar-refractivity contribution in [2.24, 2.45) is 5.73 Å². The highest BCUT2D eigenvalue weighted by Gasteiger charge is 2.35. The van der Waals surface area contributed by atoms with Crippen LogP contribution in [-0.2, 0) is 4.79 Å². The van der Waals surface area contributed by atoms with Gasteiger partial charge in [0.25, 0.3) is 11.8 Å². The minimum Gasteiger partial charge on any atom is -0.351 e. The number of benzene rings is 3. The fourth-order valence-electron chi connectivity index (χ4n) is 3.91. The molecule has 7 nitrogen and oxygen atoms in total. The van der Waals surface area contributed by atoms with E-state index in [1.165, 1.54) is 47.4 Å². The van der Waals surface area contributed by atoms with Crippen molar-refractivity contribution in [1.82, 2.24) is 5.32 Å². The first-order chi connectivity index (χ1) is 16.8. The van der Waals surface area contributed by atoms with Crippen LogP contribution in [0.3, 0.4) is 0 Å². The van der Waals surface area contributed by atoms with E-state index in [0.717, 1.165) is 0 Å². The van der Waals surface area contributed by atoms with E-state index < -0.39 is 17.8 Å². The first-order valence-electron chi connectivity index (χ1n) is 10.7. The van der Waals surface area contributed by atoms with Crippen LogP contribution in [0, 0.1) is 5.82 Å². The molecule has 35 heavy (non-hydrogen) atoms. The molecule has 10 heteroatoms. The van der Waals surface area contributed by atoms with Gasteiger partial charge in [-0.15, -0.1) is 0 Å². The van der Waals surface area contributed by atoms with Crippen molar-refractivity contribution in [3.63, 3.8) is 0 Å². The van der Waals surface area contributed by atoms with Gasteiger partial charge >= 0.3 is 0 Å². The van der Waals surface area contributed by atoms with E-state index in [1.807, 2.05) is 0 Å². The highest BCUT2D eigenvalue weighted by molar-refractivity contribution is 6.37. The Balaban J connectivity index is 1.86. The van der Waals surface area contributed by atoms with Crippen molar-refractivity contribution in [2.75, 3.05) is 23.3 Å². The quantitative estimate of drug-likeness (QED) is 0.464. The number of hydrogen-bond acceptors (Lipinski definition) is 4. The van der Waals surface area contributed by atoms with Crippen molar-refractivity contribution in [3.8, 4) is 0 Å². The largest absolute Gasteiger partial charge is 0.351 e. The van der Waals surface area contributed by atoms with Crippen molar-refractivity contribution in [3.05, 3.63) is 93.2 Å². The molecule has 0 radical (unpaired) electrons. The van der Waals surface area contributed by atoms with Gasteiger partial charge in [-0.25, -0.2) is 4.39 Å². The lowest BCUT2D eigenvalue weighted by atomic mass is 9.99. The summed E-state index contributed by atoms with van der Waals surface area (Å²) in [5.41, 5.74) is 7.10. The minimum absolute atomic E-state index is 0.105. The summed E-state index contributed by atoms with van der Waals surface area (Å²) in [5, 5.41) is 5.96. The summed E-state index contributed by atoms with van der Waals surface area (Å²) in [6.45, 7) is 0.561. The van der Waals surface area contributed by atoms with Crippen LogP contribution in [0.5, 0.6) is 0 Å². The Kier molecular flexibility index (Phi) is 7.35. The van der Waals surface area contributed by atoms with Crippen LogP contribution in [0.15, 0.2) is 60.7 Å². The molecule has 0 saturated heterocycles. The molecule has 3 aromatic carbocycles. The average molecular weight is 515 g/mol. The number of amides is 3. The van der Waals surface area contributed by atoms with Crippen LogP contribution in [0.25, 0.3) is 0 Å². The zero-order valence-electron chi connectivity index (χ0n) is 18.4. The Morgan fingerprint density at radius 3 is 2.51 bits per heavy atom. The average Bonchev–Trinajstić information content (AvgIpc) is 2.97. The lowest BCUT2D eigenvalue weighted by Gasteiger charge is -2.31. The SMILES string of the molecule is NCCNC(=O)c1ccc2c(c1)NC(=O)CC(c1ccc(F)cc1)N2C(=O)c1ccc(Cl)cc1Cl. The summed E-state index contributed by atoms with van der Waals surface area (Å²) >= 11 is 12.4. The molecule has 3 aromatic rings. The maximum atomic E-state index is 13.9. The Morgan fingerprint density at radius 2 is 1.83 bits per heavy atom. The lowest BCUT2D eigenvalue weighted by molar-refractivity contribution is -0.116. The zero-order valence-corrected chi connectivity index (χ0v) is 19.9. The monoisotopic (exact) mass is 514 g/mol. The second kappa shape index (κ2) is 10.4. The van der Waals surface area contributed by atoms with Crippen LogP contribution in [-0.4, -0.2) is 30.8 Å². The molecule has 4 rings (SSSR count). The molecule has 180 valence electrons. The number of rotatable bonds is 5. The van der Waals surface area contributed by atoms with E-state index >= 15 is 0 Å². The van der Waals surface area contributed by atoms with E-state index in [0.29, 0.717) is 16.3 Å². The molecule has 1 unspecified atom stereocenters. The van der Waals surface area contributed by atoms with Gasteiger partial charge in [-0.05, 0) is 54.1 Å². The normalized spacial score (nSPS) is 15.1. The molecule has 1 aliphatic rings. The summed E-state index contributed by atoms with van der Waals surface area (Å²) in [6, 6.07) is 13.9. The van der Waals surface area contributed by atoms with Gasteiger partial charge in [0, 0.05) is 23.7 Å². The van der Waals surface area contributed by atoms with Crippen LogP contribution < -0.4 is 21.3 Å². The van der Waals surface area contributed by atoms with Gasteiger partial charge in [0.2, 0.25) is 5.91 Å². The van der Waals surface area contributed by atoms with Gasteiger partial charge in [0.05, 0.1) is 34.4 Å². The topological polar surface area (TPSA) is 105 Å². The maximum Gasteiger partial charge on any atom is 0.260 e. The van der Waals surface area contributed by atoms with Crippen molar-refractivity contribution in [2.45, 2.75) is 12.5 Å². The van der Waals surface area contributed by atoms with E-state index in [-0.39, 0.29) is 53.2 Å². The van der Waals surface area contributed by atoms with Crippen LogP contribution in [0.4, 0.5) is 15.8 Å². The molecular weight excluding hydrogens is 494 g/mol. The molecule has 1 heterocycles. The molecule has 1 aliphatic heterocycles. The fourth-order valence-corrected chi connectivity index (χ4v) is 4.40. The number of nitrogens with one attached hydrogen (secondary N) is 2. The highest BCUT2D eigenvalue weighted by Crippen LogP contribution is 2.40. The number of nitrogens with two attached hydrogens (primary N) is 1. The summed E-state index contributed by atoms with van der Waals surface area (Å²) in [5.74, 6) is -1.68. The van der Waals surface area contributed by atoms with Gasteiger partial charge < -0.3 is 16.4 Å². The van der Waals surface area contributed by atoms with Crippen LogP contribution in [0.1, 0.15) is 38.7 Å². The van der Waals surface area contributed by atoms with Crippen molar-refractivity contribution >= 4 is 52.3 Å². The molecular formula is C25H21Cl2FN4O3. The third-order valence-corrected chi connectivity index (χ3v) is 6.10. The molecule has 0 aliphatic carbocycles. The standard InChI is InChI=1S/C25H21Cl2FN4O3/c26-16-4-7-18(19(27)12-16)25(35)32-21-8-3-15(24(34)30-10-9-29)11-20(21)31-23(33)13-22(32)14-1-5-17(28)6-2-14/h1-8,11-12,22H,9-10,13,29H2,(H,30,34)(H,31,33). The number of carbonyl (C=O) groups excluding carboxylic acids is 3. The Hall–Kier alpha value is -3.46. The Labute approximate surface area is 211 Å². The second-order valence-electron chi connectivity index (χ2n) is 7.90. The molecule has 0 saturated carbocycles. The minimum atomic E-state index is -0.770. The van der Waals surface area contributed by atoms with Gasteiger partial charge in [-0.2, -0.15) is 0 Å². The third kappa shape index (κ3) is 5.30. The number of nitrogens with zero attached hydrogens (tertiary/aromatic N) is 1. The molecule has 4 N–H and O–H groups in total. The number of carbonyl (C=O) groups is 3. The van der Waals surface area contributed by atoms with Crippen LogP contribution >= 0.6 is 23.2 Å². The summed E-state index contributed by atoms with van der Waals surface area (Å²) < 4.78 is 13.6. The van der Waals surface area contributed by atoms with Gasteiger partial charge in [-0.1, -0.05) is 35.3 Å². The van der Waals surface area contributed by atoms with E-state index in [1.54, 1.807) is 18.2 Å². The predicted molar refractivity (Wildman–Crippen MR) is 133 cm³/mol. The zero-order chi connectivity index (χ0) is 25.1. The Morgan fingerprint density at radius 1 is 1.09 bits per heavy atom. The fraction of sp³-hybridized carbons (Fsp3) is 0.160. The molecule has 3 amide bonds. The summed E-state index contributed by atoms with van der Waals surface area (Å²) in [6.07, 6.45) is -0.105. The Bertz CT molecular complexity index is 1300. The third-order valence-electron chi connectivity index (χ3n) is 5.55. The van der Waals surface area contributed by atoms with Crippen molar-refractivity contribution in [1.29, 1.82) is 0 Å². The first kappa shape index (κ1) is 24.7.